The molecular weight excluding hydrogens is 601 g/mol. The quantitative estimate of drug-likeness (QED) is 0.249. The number of likely N-dealkylation sites (N-methyl/N-ethyl adjacent to an activating group) is 1. The third-order valence-electron chi connectivity index (χ3n) is 7.79. The van der Waals surface area contributed by atoms with Gasteiger partial charge in [0, 0.05) is 52.1 Å². The van der Waals surface area contributed by atoms with Crippen LogP contribution in [0, 0.1) is 11.7 Å². The van der Waals surface area contributed by atoms with Crippen molar-refractivity contribution in [2.45, 2.75) is 49.9 Å². The maximum absolute atomic E-state index is 13.9. The van der Waals surface area contributed by atoms with E-state index in [9.17, 15) is 23.6 Å². The van der Waals surface area contributed by atoms with Gasteiger partial charge in [-0.15, -0.1) is 11.3 Å². The van der Waals surface area contributed by atoms with E-state index in [1.165, 1.54) is 6.07 Å². The number of aliphatic hydroxyl groups is 1. The molecule has 15 heteroatoms. The molecule has 1 spiro atoms. The highest BCUT2D eigenvalue weighted by atomic mass is 32.1. The summed E-state index contributed by atoms with van der Waals surface area (Å²) in [4.78, 5) is 52.1. The molecule has 0 aliphatic carbocycles. The lowest BCUT2D eigenvalue weighted by Gasteiger charge is -2.40. The van der Waals surface area contributed by atoms with E-state index in [-0.39, 0.29) is 17.6 Å². The minimum absolute atomic E-state index is 0.120. The molecule has 242 valence electrons. The predicted octanol–water partition coefficient (Wildman–Crippen LogP) is 1.82. The number of carbonyl (C=O) groups excluding carboxylic acids is 1. The van der Waals surface area contributed by atoms with Crippen LogP contribution in [-0.4, -0.2) is 112 Å². The number of nitrogens with zero attached hydrogens (tertiary/aromatic N) is 3. The number of hydrogen-bond acceptors (Lipinski definition) is 10. The van der Waals surface area contributed by atoms with Crippen LogP contribution in [0.1, 0.15) is 42.5 Å². The highest BCUT2D eigenvalue weighted by Crippen LogP contribution is 2.44. The molecule has 2 aliphatic heterocycles. The maximum atomic E-state index is 13.9. The average Bonchev–Trinajstić information content (AvgIpc) is 3.60. The number of aromatic nitrogens is 1. The van der Waals surface area contributed by atoms with Crippen LogP contribution in [0.2, 0.25) is 0 Å². The number of halogens is 1. The van der Waals surface area contributed by atoms with Crippen molar-refractivity contribution in [3.8, 4) is 0 Å². The monoisotopic (exact) mass is 639 g/mol. The number of thiazole rings is 1. The van der Waals surface area contributed by atoms with Crippen molar-refractivity contribution in [3.05, 3.63) is 51.7 Å². The SMILES string of the molecule is COCCN(C)C(=O)C(Cc1cscn1)CN1CCC2(CC1)OCc1ccc(F)cc12.O=C(O)CC(O)(CC(=O)O)C(=O)O. The molecule has 1 amide bonds. The fourth-order valence-corrected chi connectivity index (χ4v) is 5.97. The number of amides is 1. The molecule has 1 aromatic heterocycles. The van der Waals surface area contributed by atoms with Crippen LogP contribution in [0.25, 0.3) is 0 Å². The zero-order valence-electron chi connectivity index (χ0n) is 24.6. The number of carboxylic acids is 3. The Morgan fingerprint density at radius 1 is 1.18 bits per heavy atom. The standard InChI is InChI=1S/C23H30FN3O3S.C6H8O7/c1-26(9-10-29-2)22(28)18(11-20-15-31-16-25-20)13-27-7-5-23(6-8-27)21-12-19(24)4-3-17(21)14-30-23;7-3(8)1-6(13,5(11)12)2-4(9)10/h3-4,12,15-16,18H,5-11,13-14H2,1-2H3;13H,1-2H2,(H,7,8)(H,9,10)(H,11,12). The van der Waals surface area contributed by atoms with Crippen molar-refractivity contribution < 1.29 is 53.5 Å². The Morgan fingerprint density at radius 3 is 2.39 bits per heavy atom. The normalized spacial score (nSPS) is 16.5. The average molecular weight is 640 g/mol. The van der Waals surface area contributed by atoms with Crippen molar-refractivity contribution in [2.24, 2.45) is 5.92 Å². The molecule has 2 aromatic rings. The molecular formula is C29H38FN3O10S. The number of rotatable bonds is 13. The summed E-state index contributed by atoms with van der Waals surface area (Å²) < 4.78 is 25.2. The van der Waals surface area contributed by atoms with E-state index >= 15 is 0 Å². The van der Waals surface area contributed by atoms with E-state index in [1.807, 2.05) is 24.0 Å². The lowest BCUT2D eigenvalue weighted by Crippen LogP contribution is -2.47. The second-order valence-corrected chi connectivity index (χ2v) is 11.7. The first-order valence-electron chi connectivity index (χ1n) is 13.9. The molecule has 4 N–H and O–H groups in total. The summed E-state index contributed by atoms with van der Waals surface area (Å²) in [6.45, 7) is 3.95. The minimum Gasteiger partial charge on any atom is -0.481 e. The summed E-state index contributed by atoms with van der Waals surface area (Å²) in [5.74, 6) is -5.27. The molecule has 4 rings (SSSR count). The Kier molecular flexibility index (Phi) is 12.3. The van der Waals surface area contributed by atoms with Gasteiger partial charge in [-0.1, -0.05) is 6.07 Å². The van der Waals surface area contributed by atoms with Crippen molar-refractivity contribution >= 4 is 35.2 Å². The molecule has 0 saturated carbocycles. The fraction of sp³-hybridized carbons (Fsp3) is 0.552. The molecule has 1 aromatic carbocycles. The second kappa shape index (κ2) is 15.5. The molecule has 1 saturated heterocycles. The van der Waals surface area contributed by atoms with Gasteiger partial charge >= 0.3 is 17.9 Å². The molecule has 1 atom stereocenters. The van der Waals surface area contributed by atoms with E-state index in [0.717, 1.165) is 42.8 Å². The maximum Gasteiger partial charge on any atom is 0.336 e. The summed E-state index contributed by atoms with van der Waals surface area (Å²) in [6.07, 6.45) is -0.0454. The molecule has 1 fully saturated rings. The smallest absolute Gasteiger partial charge is 0.336 e. The molecule has 1 unspecified atom stereocenters. The third-order valence-corrected chi connectivity index (χ3v) is 8.43. The summed E-state index contributed by atoms with van der Waals surface area (Å²) in [5, 5.41) is 35.8. The third kappa shape index (κ3) is 9.25. The number of methoxy groups -OCH3 is 1. The Hall–Kier alpha value is -3.50. The molecule has 44 heavy (non-hydrogen) atoms. The van der Waals surface area contributed by atoms with Gasteiger partial charge in [0.25, 0.3) is 0 Å². The van der Waals surface area contributed by atoms with Gasteiger partial charge in [0.2, 0.25) is 5.91 Å². The number of carbonyl (C=O) groups is 4. The Morgan fingerprint density at radius 2 is 1.84 bits per heavy atom. The number of carboxylic acid groups (broad SMARTS) is 3. The van der Waals surface area contributed by atoms with Gasteiger partial charge in [0.15, 0.2) is 5.60 Å². The van der Waals surface area contributed by atoms with Crippen LogP contribution in [-0.2, 0) is 47.3 Å². The lowest BCUT2D eigenvalue weighted by molar-refractivity contribution is -0.170. The first-order valence-corrected chi connectivity index (χ1v) is 14.9. The van der Waals surface area contributed by atoms with Crippen molar-refractivity contribution in [1.29, 1.82) is 0 Å². The van der Waals surface area contributed by atoms with Gasteiger partial charge in [-0.05, 0) is 36.1 Å². The van der Waals surface area contributed by atoms with Crippen molar-refractivity contribution in [2.75, 3.05) is 46.9 Å². The van der Waals surface area contributed by atoms with Crippen LogP contribution < -0.4 is 0 Å². The van der Waals surface area contributed by atoms with Gasteiger partial charge in [-0.3, -0.25) is 14.4 Å². The van der Waals surface area contributed by atoms with Gasteiger partial charge in [-0.25, -0.2) is 14.2 Å². The highest BCUT2D eigenvalue weighted by Gasteiger charge is 2.43. The summed E-state index contributed by atoms with van der Waals surface area (Å²) in [7, 11) is 3.47. The van der Waals surface area contributed by atoms with Crippen LogP contribution in [0.15, 0.2) is 29.1 Å². The molecule has 0 radical (unpaired) electrons. The summed E-state index contributed by atoms with van der Waals surface area (Å²) in [5.41, 5.74) is 1.73. The summed E-state index contributed by atoms with van der Waals surface area (Å²) >= 11 is 1.55. The number of fused-ring (bicyclic) bond motifs is 2. The number of benzene rings is 1. The summed E-state index contributed by atoms with van der Waals surface area (Å²) in [6, 6.07) is 4.98. The number of aliphatic carboxylic acids is 3. The van der Waals surface area contributed by atoms with Crippen LogP contribution >= 0.6 is 11.3 Å². The fourth-order valence-electron chi connectivity index (χ4n) is 5.40. The Balaban J connectivity index is 0.000000345. The Bertz CT molecular complexity index is 1280. The van der Waals surface area contributed by atoms with Gasteiger partial charge in [0.1, 0.15) is 5.82 Å². The Labute approximate surface area is 257 Å². The molecule has 3 heterocycles. The topological polar surface area (TPSA) is 187 Å². The van der Waals surface area contributed by atoms with Crippen LogP contribution in [0.5, 0.6) is 0 Å². The van der Waals surface area contributed by atoms with Crippen LogP contribution in [0.4, 0.5) is 4.39 Å². The molecule has 13 nitrogen and oxygen atoms in total. The molecule has 2 aliphatic rings. The van der Waals surface area contributed by atoms with Gasteiger partial charge in [0.05, 0.1) is 48.8 Å². The van der Waals surface area contributed by atoms with Gasteiger partial charge in [-0.2, -0.15) is 0 Å². The van der Waals surface area contributed by atoms with E-state index in [4.69, 9.17) is 29.9 Å². The number of ether oxygens (including phenoxy) is 2. The van der Waals surface area contributed by atoms with E-state index in [2.05, 4.69) is 9.88 Å². The number of likely N-dealkylation sites (tertiary alicyclic amines) is 1. The number of piperidine rings is 1. The van der Waals surface area contributed by atoms with E-state index < -0.39 is 42.0 Å². The van der Waals surface area contributed by atoms with E-state index in [1.54, 1.807) is 29.4 Å². The van der Waals surface area contributed by atoms with Gasteiger partial charge < -0.3 is 39.7 Å². The minimum atomic E-state index is -2.74. The van der Waals surface area contributed by atoms with E-state index in [0.29, 0.717) is 32.7 Å². The zero-order valence-corrected chi connectivity index (χ0v) is 25.4. The second-order valence-electron chi connectivity index (χ2n) is 11.0. The van der Waals surface area contributed by atoms with Crippen molar-refractivity contribution in [3.63, 3.8) is 0 Å². The predicted molar refractivity (Wildman–Crippen MR) is 154 cm³/mol. The number of hydrogen-bond donors (Lipinski definition) is 4. The first-order chi connectivity index (χ1) is 20.8. The van der Waals surface area contributed by atoms with Crippen LogP contribution in [0.3, 0.4) is 0 Å². The highest BCUT2D eigenvalue weighted by molar-refractivity contribution is 7.07. The first kappa shape index (κ1) is 35.0. The molecule has 0 bridgehead atoms. The van der Waals surface area contributed by atoms with Crippen molar-refractivity contribution in [1.82, 2.24) is 14.8 Å². The largest absolute Gasteiger partial charge is 0.481 e. The lowest BCUT2D eigenvalue weighted by atomic mass is 9.83. The zero-order chi connectivity index (χ0) is 32.5.